The highest BCUT2D eigenvalue weighted by molar-refractivity contribution is 5.84. The van der Waals surface area contributed by atoms with Crippen molar-refractivity contribution in [2.75, 3.05) is 37.9 Å². The molecular formula is C13H22N6O4. The van der Waals surface area contributed by atoms with Gasteiger partial charge in [0.05, 0.1) is 25.6 Å². The van der Waals surface area contributed by atoms with Crippen molar-refractivity contribution < 1.29 is 20.1 Å². The Labute approximate surface area is 133 Å². The molecule has 0 radical (unpaired) electrons. The predicted molar refractivity (Wildman–Crippen MR) is 83.8 cm³/mol. The number of nitrogen functional groups attached to an aromatic ring is 1. The summed E-state index contributed by atoms with van der Waals surface area (Å²) in [6, 6.07) is 0. The first-order valence-corrected chi connectivity index (χ1v) is 7.11. The van der Waals surface area contributed by atoms with E-state index in [-0.39, 0.29) is 12.6 Å². The molecule has 0 bridgehead atoms. The number of aliphatic hydroxyl groups excluding tert-OH is 3. The maximum atomic E-state index is 9.61. The van der Waals surface area contributed by atoms with Crippen LogP contribution in [0.15, 0.2) is 6.33 Å². The van der Waals surface area contributed by atoms with Gasteiger partial charge >= 0.3 is 0 Å². The topological polar surface area (TPSA) is 143 Å². The van der Waals surface area contributed by atoms with Crippen LogP contribution in [0.4, 0.5) is 11.8 Å². The number of rotatable bonds is 7. The van der Waals surface area contributed by atoms with Crippen molar-refractivity contribution >= 4 is 22.9 Å². The summed E-state index contributed by atoms with van der Waals surface area (Å²) in [7, 11) is 3.60. The van der Waals surface area contributed by atoms with E-state index in [9.17, 15) is 15.3 Å². The van der Waals surface area contributed by atoms with Crippen molar-refractivity contribution in [3.8, 4) is 0 Å². The molecule has 0 amide bonds. The average Bonchev–Trinajstić information content (AvgIpc) is 2.90. The highest BCUT2D eigenvalue weighted by Gasteiger charge is 2.24. The van der Waals surface area contributed by atoms with Gasteiger partial charge in [0.1, 0.15) is 6.10 Å². The summed E-state index contributed by atoms with van der Waals surface area (Å²) >= 11 is 0. The number of imidazole rings is 1. The summed E-state index contributed by atoms with van der Waals surface area (Å²) in [6.45, 7) is 0.711. The molecule has 2 rings (SSSR count). The molecule has 3 atom stereocenters. The van der Waals surface area contributed by atoms with Crippen molar-refractivity contribution in [3.63, 3.8) is 0 Å². The Morgan fingerprint density at radius 1 is 1.30 bits per heavy atom. The lowest BCUT2D eigenvalue weighted by Crippen LogP contribution is -2.34. The summed E-state index contributed by atoms with van der Waals surface area (Å²) in [5, 5.41) is 28.5. The van der Waals surface area contributed by atoms with E-state index in [0.29, 0.717) is 17.0 Å². The largest absolute Gasteiger partial charge is 0.394 e. The Balaban J connectivity index is 2.45. The smallest absolute Gasteiger partial charge is 0.224 e. The number of anilines is 2. The van der Waals surface area contributed by atoms with E-state index >= 15 is 0 Å². The zero-order valence-electron chi connectivity index (χ0n) is 13.3. The Bertz CT molecular complexity index is 659. The number of ether oxygens (including phenoxy) is 1. The molecule has 128 valence electrons. The maximum absolute atomic E-state index is 9.61. The summed E-state index contributed by atoms with van der Waals surface area (Å²) < 4.78 is 7.05. The molecule has 0 aliphatic carbocycles. The number of aromatic nitrogens is 4. The second-order valence-corrected chi connectivity index (χ2v) is 5.36. The molecule has 2 aromatic heterocycles. The van der Waals surface area contributed by atoms with Crippen LogP contribution in [0.5, 0.6) is 0 Å². The molecule has 0 aliphatic heterocycles. The summed E-state index contributed by atoms with van der Waals surface area (Å²) in [5.41, 5.74) is 6.63. The lowest BCUT2D eigenvalue weighted by atomic mass is 10.2. The lowest BCUT2D eigenvalue weighted by molar-refractivity contribution is -0.131. The standard InChI is InChI=1S/C13H22N6O4/c1-7(22)8(4-20)23-9(5-21)19-6-15-10-11(18(2)3)16-13(14)17-12(10)19/h6-9,20-22H,4-5H2,1-3H3,(H2,14,16,17)/t7?,8-,9-/m1/s1. The summed E-state index contributed by atoms with van der Waals surface area (Å²) in [4.78, 5) is 14.3. The molecule has 0 aliphatic rings. The van der Waals surface area contributed by atoms with Crippen LogP contribution >= 0.6 is 0 Å². The molecule has 0 aromatic carbocycles. The van der Waals surface area contributed by atoms with Crippen LogP contribution < -0.4 is 10.6 Å². The highest BCUT2D eigenvalue weighted by atomic mass is 16.5. The number of nitrogens with two attached hydrogens (primary N) is 1. The van der Waals surface area contributed by atoms with Crippen LogP contribution in [-0.2, 0) is 4.74 Å². The molecule has 0 saturated heterocycles. The molecule has 0 fully saturated rings. The van der Waals surface area contributed by atoms with E-state index in [4.69, 9.17) is 10.5 Å². The quantitative estimate of drug-likeness (QED) is 0.489. The molecule has 23 heavy (non-hydrogen) atoms. The number of aliphatic hydroxyl groups is 3. The third-order valence-corrected chi connectivity index (χ3v) is 3.36. The van der Waals surface area contributed by atoms with Crippen molar-refractivity contribution in [2.45, 2.75) is 25.4 Å². The van der Waals surface area contributed by atoms with Crippen molar-refractivity contribution in [2.24, 2.45) is 0 Å². The minimum atomic E-state index is -0.902. The molecule has 10 nitrogen and oxygen atoms in total. The van der Waals surface area contributed by atoms with Gasteiger partial charge in [-0.3, -0.25) is 4.57 Å². The average molecular weight is 326 g/mol. The molecule has 5 N–H and O–H groups in total. The summed E-state index contributed by atoms with van der Waals surface area (Å²) in [6.07, 6.45) is -1.18. The van der Waals surface area contributed by atoms with E-state index in [1.165, 1.54) is 17.8 Å². The Morgan fingerprint density at radius 2 is 2.00 bits per heavy atom. The fourth-order valence-corrected chi connectivity index (χ4v) is 2.15. The van der Waals surface area contributed by atoms with Crippen LogP contribution in [0.1, 0.15) is 13.2 Å². The van der Waals surface area contributed by atoms with E-state index in [2.05, 4.69) is 15.0 Å². The molecule has 0 spiro atoms. The minimum absolute atomic E-state index is 0.0638. The van der Waals surface area contributed by atoms with Gasteiger partial charge in [-0.2, -0.15) is 9.97 Å². The van der Waals surface area contributed by atoms with E-state index < -0.39 is 25.0 Å². The molecule has 2 aromatic rings. The van der Waals surface area contributed by atoms with Gasteiger partial charge < -0.3 is 30.7 Å². The fourth-order valence-electron chi connectivity index (χ4n) is 2.15. The molecular weight excluding hydrogens is 304 g/mol. The van der Waals surface area contributed by atoms with Gasteiger partial charge in [0.25, 0.3) is 0 Å². The Kier molecular flexibility index (Phi) is 5.31. The number of hydrogen-bond acceptors (Lipinski definition) is 9. The number of fused-ring (bicyclic) bond motifs is 1. The van der Waals surface area contributed by atoms with Gasteiger partial charge in [-0.05, 0) is 6.92 Å². The van der Waals surface area contributed by atoms with Gasteiger partial charge in [-0.25, -0.2) is 4.98 Å². The van der Waals surface area contributed by atoms with Gasteiger partial charge in [0.15, 0.2) is 23.2 Å². The predicted octanol–water partition coefficient (Wildman–Crippen LogP) is -1.28. The third kappa shape index (κ3) is 3.50. The highest BCUT2D eigenvalue weighted by Crippen LogP contribution is 2.25. The van der Waals surface area contributed by atoms with Crippen molar-refractivity contribution in [1.29, 1.82) is 0 Å². The maximum Gasteiger partial charge on any atom is 0.224 e. The second-order valence-electron chi connectivity index (χ2n) is 5.36. The molecule has 0 saturated carbocycles. The third-order valence-electron chi connectivity index (χ3n) is 3.36. The Morgan fingerprint density at radius 3 is 2.52 bits per heavy atom. The van der Waals surface area contributed by atoms with Gasteiger partial charge in [-0.1, -0.05) is 0 Å². The van der Waals surface area contributed by atoms with Crippen molar-refractivity contribution in [3.05, 3.63) is 6.33 Å². The summed E-state index contributed by atoms with van der Waals surface area (Å²) in [5.74, 6) is 0.603. The molecule has 1 unspecified atom stereocenters. The van der Waals surface area contributed by atoms with Gasteiger partial charge in [0, 0.05) is 14.1 Å². The van der Waals surface area contributed by atoms with Crippen LogP contribution in [-0.4, -0.2) is 74.4 Å². The van der Waals surface area contributed by atoms with E-state index in [0.717, 1.165) is 0 Å². The first-order chi connectivity index (χ1) is 10.9. The number of nitrogens with zero attached hydrogens (tertiary/aromatic N) is 5. The van der Waals surface area contributed by atoms with Crippen LogP contribution in [0, 0.1) is 0 Å². The molecule has 2 heterocycles. The normalized spacial score (nSPS) is 15.6. The fraction of sp³-hybridized carbons (Fsp3) is 0.615. The zero-order valence-corrected chi connectivity index (χ0v) is 13.3. The van der Waals surface area contributed by atoms with Crippen LogP contribution in [0.2, 0.25) is 0 Å². The lowest BCUT2D eigenvalue weighted by Gasteiger charge is -2.25. The van der Waals surface area contributed by atoms with Crippen LogP contribution in [0.25, 0.3) is 11.2 Å². The monoisotopic (exact) mass is 326 g/mol. The Hall–Kier alpha value is -2.01. The van der Waals surface area contributed by atoms with Gasteiger partial charge in [0.2, 0.25) is 5.95 Å². The molecule has 10 heteroatoms. The van der Waals surface area contributed by atoms with E-state index in [1.54, 1.807) is 19.0 Å². The minimum Gasteiger partial charge on any atom is -0.394 e. The van der Waals surface area contributed by atoms with Crippen LogP contribution in [0.3, 0.4) is 0 Å². The first kappa shape index (κ1) is 17.3. The second kappa shape index (κ2) is 7.04. The van der Waals surface area contributed by atoms with Crippen molar-refractivity contribution in [1.82, 2.24) is 19.5 Å². The van der Waals surface area contributed by atoms with Gasteiger partial charge in [-0.15, -0.1) is 0 Å². The van der Waals surface area contributed by atoms with E-state index in [1.807, 2.05) is 0 Å². The number of hydrogen-bond donors (Lipinski definition) is 4. The SMILES string of the molecule is CC(O)[C@@H](CO)O[C@H](CO)n1cnc2c(N(C)C)nc(N)nc21. The zero-order chi connectivity index (χ0) is 17.1. The first-order valence-electron chi connectivity index (χ1n) is 7.11.